The number of rotatable bonds is 5. The highest BCUT2D eigenvalue weighted by molar-refractivity contribution is 5.93. The van der Waals surface area contributed by atoms with Crippen LogP contribution in [-0.4, -0.2) is 24.7 Å². The van der Waals surface area contributed by atoms with Gasteiger partial charge >= 0.3 is 0 Å². The van der Waals surface area contributed by atoms with Crippen LogP contribution in [0.15, 0.2) is 30.5 Å². The molecular weight excluding hydrogens is 250 g/mol. The molecule has 2 aromatic rings. The third-order valence-corrected chi connectivity index (χ3v) is 3.68. The van der Waals surface area contributed by atoms with E-state index >= 15 is 0 Å². The number of anilines is 1. The molecule has 0 unspecified atom stereocenters. The van der Waals surface area contributed by atoms with Crippen LogP contribution < -0.4 is 9.64 Å². The van der Waals surface area contributed by atoms with E-state index in [0.717, 1.165) is 28.9 Å². The average Bonchev–Trinajstić information content (AvgIpc) is 3.32. The Bertz CT molecular complexity index is 658. The minimum Gasteiger partial charge on any atom is -0.497 e. The van der Waals surface area contributed by atoms with Crippen molar-refractivity contribution in [2.75, 3.05) is 18.6 Å². The van der Waals surface area contributed by atoms with E-state index in [1.807, 2.05) is 24.4 Å². The van der Waals surface area contributed by atoms with Gasteiger partial charge in [-0.15, -0.1) is 0 Å². The van der Waals surface area contributed by atoms with Crippen molar-refractivity contribution in [2.24, 2.45) is 0 Å². The Labute approximate surface area is 118 Å². The smallest absolute Gasteiger partial charge is 0.136 e. The van der Waals surface area contributed by atoms with Gasteiger partial charge < -0.3 is 9.64 Å². The Hall–Kier alpha value is -2.28. The number of pyridine rings is 1. The second kappa shape index (κ2) is 5.38. The summed E-state index contributed by atoms with van der Waals surface area (Å²) in [6.45, 7) is 0.741. The number of nitriles is 1. The highest BCUT2D eigenvalue weighted by atomic mass is 16.5. The summed E-state index contributed by atoms with van der Waals surface area (Å²) < 4.78 is 5.32. The molecule has 0 saturated heterocycles. The lowest BCUT2D eigenvalue weighted by molar-refractivity contribution is 0.415. The highest BCUT2D eigenvalue weighted by Crippen LogP contribution is 2.35. The first-order valence-electron chi connectivity index (χ1n) is 6.90. The second-order valence-electron chi connectivity index (χ2n) is 5.05. The van der Waals surface area contributed by atoms with Crippen LogP contribution >= 0.6 is 0 Å². The lowest BCUT2D eigenvalue weighted by atomic mass is 10.1. The van der Waals surface area contributed by atoms with Crippen LogP contribution in [0.4, 0.5) is 5.82 Å². The van der Waals surface area contributed by atoms with Gasteiger partial charge in [-0.2, -0.15) is 5.26 Å². The molecule has 0 aliphatic heterocycles. The van der Waals surface area contributed by atoms with E-state index in [2.05, 4.69) is 22.0 Å². The van der Waals surface area contributed by atoms with E-state index in [-0.39, 0.29) is 0 Å². The summed E-state index contributed by atoms with van der Waals surface area (Å²) >= 11 is 0. The quantitative estimate of drug-likeness (QED) is 0.835. The van der Waals surface area contributed by atoms with Crippen molar-refractivity contribution in [3.63, 3.8) is 0 Å². The van der Waals surface area contributed by atoms with Crippen LogP contribution in [0.25, 0.3) is 10.8 Å². The molecule has 1 aromatic carbocycles. The van der Waals surface area contributed by atoms with Gasteiger partial charge in [0.05, 0.1) is 19.6 Å². The lowest BCUT2D eigenvalue weighted by Crippen LogP contribution is -2.27. The Kier molecular flexibility index (Phi) is 3.42. The molecule has 1 aliphatic rings. The third kappa shape index (κ3) is 2.39. The van der Waals surface area contributed by atoms with Gasteiger partial charge in [-0.05, 0) is 36.4 Å². The zero-order chi connectivity index (χ0) is 13.9. The molecule has 4 nitrogen and oxygen atoms in total. The van der Waals surface area contributed by atoms with E-state index in [1.54, 1.807) is 7.11 Å². The summed E-state index contributed by atoms with van der Waals surface area (Å²) in [5.41, 5.74) is 0. The normalized spacial score (nSPS) is 14.0. The first-order valence-corrected chi connectivity index (χ1v) is 6.90. The molecule has 1 aliphatic carbocycles. The maximum absolute atomic E-state index is 8.84. The third-order valence-electron chi connectivity index (χ3n) is 3.68. The van der Waals surface area contributed by atoms with E-state index < -0.39 is 0 Å². The minimum absolute atomic E-state index is 0.526. The number of methoxy groups -OCH3 is 1. The Balaban J connectivity index is 2.06. The van der Waals surface area contributed by atoms with Gasteiger partial charge in [0.25, 0.3) is 0 Å². The fourth-order valence-electron chi connectivity index (χ4n) is 2.51. The molecule has 102 valence electrons. The predicted molar refractivity (Wildman–Crippen MR) is 78.9 cm³/mol. The maximum atomic E-state index is 8.84. The van der Waals surface area contributed by atoms with Gasteiger partial charge in [0.2, 0.25) is 0 Å². The summed E-state index contributed by atoms with van der Waals surface area (Å²) in [7, 11) is 1.67. The zero-order valence-electron chi connectivity index (χ0n) is 11.5. The number of fused-ring (bicyclic) bond motifs is 1. The first-order chi connectivity index (χ1) is 9.83. The molecular formula is C16H17N3O. The van der Waals surface area contributed by atoms with E-state index in [9.17, 15) is 0 Å². The zero-order valence-corrected chi connectivity index (χ0v) is 11.5. The first kappa shape index (κ1) is 12.7. The molecule has 20 heavy (non-hydrogen) atoms. The number of nitrogens with zero attached hydrogens (tertiary/aromatic N) is 3. The number of hydrogen-bond donors (Lipinski definition) is 0. The molecule has 1 fully saturated rings. The molecule has 1 heterocycles. The second-order valence-corrected chi connectivity index (χ2v) is 5.05. The van der Waals surface area contributed by atoms with E-state index in [4.69, 9.17) is 10.00 Å². The van der Waals surface area contributed by atoms with Crippen LogP contribution in [0.1, 0.15) is 19.3 Å². The summed E-state index contributed by atoms with van der Waals surface area (Å²) in [4.78, 5) is 6.83. The van der Waals surface area contributed by atoms with Crippen molar-refractivity contribution < 1.29 is 4.74 Å². The molecule has 0 spiro atoms. The van der Waals surface area contributed by atoms with Gasteiger partial charge in [-0.25, -0.2) is 4.98 Å². The van der Waals surface area contributed by atoms with Crippen LogP contribution in [0, 0.1) is 11.3 Å². The summed E-state index contributed by atoms with van der Waals surface area (Å²) in [6, 6.07) is 10.8. The van der Waals surface area contributed by atoms with Crippen molar-refractivity contribution >= 4 is 16.6 Å². The van der Waals surface area contributed by atoms with Gasteiger partial charge in [-0.3, -0.25) is 0 Å². The largest absolute Gasteiger partial charge is 0.497 e. The SMILES string of the molecule is COc1ccc2ccnc(N(CCC#N)C3CC3)c2c1. The molecule has 0 atom stereocenters. The van der Waals surface area contributed by atoms with Gasteiger partial charge in [0.15, 0.2) is 0 Å². The summed E-state index contributed by atoms with van der Waals surface area (Å²) in [6.07, 6.45) is 4.74. The van der Waals surface area contributed by atoms with Gasteiger partial charge in [0.1, 0.15) is 11.6 Å². The number of benzene rings is 1. The van der Waals surface area contributed by atoms with Gasteiger partial charge in [0, 0.05) is 24.2 Å². The molecule has 1 aromatic heterocycles. The van der Waals surface area contributed by atoms with Crippen molar-refractivity contribution in [2.45, 2.75) is 25.3 Å². The van der Waals surface area contributed by atoms with Crippen LogP contribution in [0.3, 0.4) is 0 Å². The Morgan fingerprint density at radius 3 is 2.95 bits per heavy atom. The van der Waals surface area contributed by atoms with E-state index in [1.165, 1.54) is 12.8 Å². The fourth-order valence-corrected chi connectivity index (χ4v) is 2.51. The number of aromatic nitrogens is 1. The average molecular weight is 267 g/mol. The molecule has 4 heteroatoms. The lowest BCUT2D eigenvalue weighted by Gasteiger charge is -2.24. The molecule has 0 amide bonds. The van der Waals surface area contributed by atoms with Crippen molar-refractivity contribution in [3.8, 4) is 11.8 Å². The molecule has 0 bridgehead atoms. The topological polar surface area (TPSA) is 49.1 Å². The van der Waals surface area contributed by atoms with Crippen molar-refractivity contribution in [1.82, 2.24) is 4.98 Å². The number of hydrogen-bond acceptors (Lipinski definition) is 4. The maximum Gasteiger partial charge on any atom is 0.136 e. The fraction of sp³-hybridized carbons (Fsp3) is 0.375. The van der Waals surface area contributed by atoms with Crippen LogP contribution in [0.2, 0.25) is 0 Å². The predicted octanol–water partition coefficient (Wildman–Crippen LogP) is 3.13. The van der Waals surface area contributed by atoms with Crippen LogP contribution in [0.5, 0.6) is 5.75 Å². The van der Waals surface area contributed by atoms with Gasteiger partial charge in [-0.1, -0.05) is 6.07 Å². The van der Waals surface area contributed by atoms with Crippen molar-refractivity contribution in [3.05, 3.63) is 30.5 Å². The molecule has 0 radical (unpaired) electrons. The standard InChI is InChI=1S/C16H17N3O/c1-20-14-6-3-12-7-9-18-16(15(12)11-14)19(10-2-8-17)13-4-5-13/h3,6-7,9,11,13H,2,4-5,10H2,1H3. The monoisotopic (exact) mass is 267 g/mol. The Morgan fingerprint density at radius 2 is 2.25 bits per heavy atom. The Morgan fingerprint density at radius 1 is 1.40 bits per heavy atom. The summed E-state index contributed by atoms with van der Waals surface area (Å²) in [5, 5.41) is 11.1. The van der Waals surface area contributed by atoms with E-state index in [0.29, 0.717) is 12.5 Å². The molecule has 3 rings (SSSR count). The minimum atomic E-state index is 0.526. The van der Waals surface area contributed by atoms with Crippen molar-refractivity contribution in [1.29, 1.82) is 5.26 Å². The molecule has 0 N–H and O–H groups in total. The summed E-state index contributed by atoms with van der Waals surface area (Å²) in [5.74, 6) is 1.81. The number of ether oxygens (including phenoxy) is 1. The highest BCUT2D eigenvalue weighted by Gasteiger charge is 2.30. The molecule has 1 saturated carbocycles. The van der Waals surface area contributed by atoms with Crippen LogP contribution in [-0.2, 0) is 0 Å².